The highest BCUT2D eigenvalue weighted by Crippen LogP contribution is 2.35. The number of terminal acetylenes is 1. The Balaban J connectivity index is 1.75. The zero-order valence-electron chi connectivity index (χ0n) is 15.0. The molecule has 0 amide bonds. The Labute approximate surface area is 157 Å². The number of aromatic nitrogens is 1. The summed E-state index contributed by atoms with van der Waals surface area (Å²) in [6.45, 7) is 0.234. The molecule has 136 valence electrons. The van der Waals surface area contributed by atoms with Crippen molar-refractivity contribution in [3.8, 4) is 18.1 Å². The average molecular weight is 360 g/mol. The molecule has 4 rings (SSSR count). The fourth-order valence-electron chi connectivity index (χ4n) is 3.67. The first kappa shape index (κ1) is 17.2. The molecule has 2 N–H and O–H groups in total. The number of carbonyl (C=O) groups excluding carboxylic acids is 1. The van der Waals surface area contributed by atoms with Gasteiger partial charge < -0.3 is 14.5 Å². The van der Waals surface area contributed by atoms with Crippen LogP contribution >= 0.6 is 0 Å². The Kier molecular flexibility index (Phi) is 4.57. The Morgan fingerprint density at radius 1 is 1.22 bits per heavy atom. The number of carbonyl (C=O) groups is 1. The maximum Gasteiger partial charge on any atom is 0.323 e. The van der Waals surface area contributed by atoms with Crippen LogP contribution in [-0.2, 0) is 16.0 Å². The second-order valence-corrected chi connectivity index (χ2v) is 6.50. The van der Waals surface area contributed by atoms with Crippen LogP contribution < -0.4 is 10.1 Å². The van der Waals surface area contributed by atoms with Gasteiger partial charge in [-0.3, -0.25) is 10.1 Å². The van der Waals surface area contributed by atoms with Crippen LogP contribution in [0.1, 0.15) is 22.9 Å². The number of hydrogen-bond donors (Lipinski definition) is 2. The van der Waals surface area contributed by atoms with Crippen LogP contribution in [0.2, 0.25) is 0 Å². The predicted molar refractivity (Wildman–Crippen MR) is 104 cm³/mol. The molecule has 0 spiro atoms. The molecule has 1 aliphatic heterocycles. The molecule has 2 atom stereocenters. The van der Waals surface area contributed by atoms with Gasteiger partial charge in [0.1, 0.15) is 18.4 Å². The first-order chi connectivity index (χ1) is 13.2. The highest BCUT2D eigenvalue weighted by atomic mass is 16.5. The summed E-state index contributed by atoms with van der Waals surface area (Å²) in [6, 6.07) is 15.3. The van der Waals surface area contributed by atoms with E-state index in [1.165, 1.54) is 7.11 Å². The van der Waals surface area contributed by atoms with Gasteiger partial charge in [-0.25, -0.2) is 0 Å². The number of ether oxygens (including phenoxy) is 2. The van der Waals surface area contributed by atoms with Crippen molar-refractivity contribution in [2.75, 3.05) is 13.7 Å². The number of H-pyrrole nitrogens is 1. The minimum atomic E-state index is -0.399. The van der Waals surface area contributed by atoms with E-state index in [9.17, 15) is 4.79 Å². The highest BCUT2D eigenvalue weighted by molar-refractivity contribution is 5.87. The van der Waals surface area contributed by atoms with Gasteiger partial charge in [-0.2, -0.15) is 0 Å². The molecule has 2 heterocycles. The van der Waals surface area contributed by atoms with Crippen molar-refractivity contribution in [1.82, 2.24) is 10.3 Å². The summed E-state index contributed by atoms with van der Waals surface area (Å²) in [4.78, 5) is 15.8. The number of nitrogens with one attached hydrogen (secondary N) is 2. The Morgan fingerprint density at radius 2 is 2.00 bits per heavy atom. The molecular weight excluding hydrogens is 340 g/mol. The maximum absolute atomic E-state index is 12.3. The fourth-order valence-corrected chi connectivity index (χ4v) is 3.67. The molecule has 1 aromatic heterocycles. The summed E-state index contributed by atoms with van der Waals surface area (Å²) in [5.41, 5.74) is 4.32. The second-order valence-electron chi connectivity index (χ2n) is 6.50. The van der Waals surface area contributed by atoms with Gasteiger partial charge >= 0.3 is 5.97 Å². The van der Waals surface area contributed by atoms with Gasteiger partial charge in [-0.15, -0.1) is 6.42 Å². The molecule has 0 bridgehead atoms. The third kappa shape index (κ3) is 3.16. The number of methoxy groups -OCH3 is 1. The normalized spacial score (nSPS) is 18.5. The zero-order valence-corrected chi connectivity index (χ0v) is 15.0. The monoisotopic (exact) mass is 360 g/mol. The van der Waals surface area contributed by atoms with Crippen LogP contribution in [0.3, 0.4) is 0 Å². The fraction of sp³-hybridized carbons (Fsp3) is 0.227. The molecule has 1 unspecified atom stereocenters. The van der Waals surface area contributed by atoms with Crippen LogP contribution in [-0.4, -0.2) is 30.7 Å². The SMILES string of the molecule is C#CCOc1ccc(C2N[C@H](C(=O)OC)Cc3c2[nH]c2ccccc32)cc1. The van der Waals surface area contributed by atoms with E-state index in [-0.39, 0.29) is 18.6 Å². The lowest BCUT2D eigenvalue weighted by molar-refractivity contribution is -0.143. The number of rotatable bonds is 4. The maximum atomic E-state index is 12.3. The zero-order chi connectivity index (χ0) is 18.8. The van der Waals surface area contributed by atoms with Crippen LogP contribution in [0.25, 0.3) is 10.9 Å². The van der Waals surface area contributed by atoms with E-state index < -0.39 is 6.04 Å². The quantitative estimate of drug-likeness (QED) is 0.555. The lowest BCUT2D eigenvalue weighted by Crippen LogP contribution is -2.45. The molecule has 3 aromatic rings. The summed E-state index contributed by atoms with van der Waals surface area (Å²) < 4.78 is 10.4. The molecule has 5 heteroatoms. The van der Waals surface area contributed by atoms with Crippen LogP contribution in [0.15, 0.2) is 48.5 Å². The van der Waals surface area contributed by atoms with E-state index >= 15 is 0 Å². The predicted octanol–water partition coefficient (Wildman–Crippen LogP) is 2.96. The van der Waals surface area contributed by atoms with E-state index in [1.54, 1.807) is 0 Å². The summed E-state index contributed by atoms with van der Waals surface area (Å²) in [7, 11) is 1.42. The van der Waals surface area contributed by atoms with Crippen molar-refractivity contribution in [2.45, 2.75) is 18.5 Å². The molecule has 27 heavy (non-hydrogen) atoms. The van der Waals surface area contributed by atoms with Gasteiger partial charge in [0.15, 0.2) is 0 Å². The average Bonchev–Trinajstić information content (AvgIpc) is 3.10. The molecule has 0 aliphatic carbocycles. The van der Waals surface area contributed by atoms with Crippen molar-refractivity contribution in [3.05, 3.63) is 65.4 Å². The standard InChI is InChI=1S/C22H20N2O3/c1-3-12-27-15-10-8-14(9-11-15)20-21-17(13-19(24-20)22(25)26-2)16-6-4-5-7-18(16)23-21/h1,4-11,19-20,23-24H,12-13H2,2H3/t19-,20?/m0/s1. The molecule has 5 nitrogen and oxygen atoms in total. The van der Waals surface area contributed by atoms with E-state index in [0.717, 1.165) is 27.7 Å². The van der Waals surface area contributed by atoms with E-state index in [0.29, 0.717) is 12.2 Å². The summed E-state index contributed by atoms with van der Waals surface area (Å²) in [5, 5.41) is 4.56. The van der Waals surface area contributed by atoms with Crippen LogP contribution in [0, 0.1) is 12.3 Å². The van der Waals surface area contributed by atoms with E-state index in [1.807, 2.05) is 36.4 Å². The van der Waals surface area contributed by atoms with Crippen molar-refractivity contribution >= 4 is 16.9 Å². The molecule has 0 saturated carbocycles. The van der Waals surface area contributed by atoms with Crippen LogP contribution in [0.5, 0.6) is 5.75 Å². The van der Waals surface area contributed by atoms with Crippen molar-refractivity contribution < 1.29 is 14.3 Å². The molecule has 0 saturated heterocycles. The van der Waals surface area contributed by atoms with E-state index in [4.69, 9.17) is 15.9 Å². The number of hydrogen-bond acceptors (Lipinski definition) is 4. The summed E-state index contributed by atoms with van der Waals surface area (Å²) >= 11 is 0. The van der Waals surface area contributed by atoms with E-state index in [2.05, 4.69) is 28.4 Å². The Hall–Kier alpha value is -3.23. The smallest absolute Gasteiger partial charge is 0.323 e. The first-order valence-corrected chi connectivity index (χ1v) is 8.81. The van der Waals surface area contributed by atoms with Crippen molar-refractivity contribution in [3.63, 3.8) is 0 Å². The van der Waals surface area contributed by atoms with Gasteiger partial charge in [0.2, 0.25) is 0 Å². The lowest BCUT2D eigenvalue weighted by atomic mass is 9.90. The number of benzene rings is 2. The Morgan fingerprint density at radius 3 is 2.74 bits per heavy atom. The van der Waals surface area contributed by atoms with Crippen LogP contribution in [0.4, 0.5) is 0 Å². The second kappa shape index (κ2) is 7.18. The third-order valence-corrected chi connectivity index (χ3v) is 4.93. The van der Waals surface area contributed by atoms with Crippen molar-refractivity contribution in [1.29, 1.82) is 0 Å². The van der Waals surface area contributed by atoms with Gasteiger partial charge in [0.25, 0.3) is 0 Å². The topological polar surface area (TPSA) is 63.4 Å². The molecular formula is C22H20N2O3. The number of esters is 1. The minimum Gasteiger partial charge on any atom is -0.481 e. The summed E-state index contributed by atoms with van der Waals surface area (Å²) in [5.74, 6) is 2.91. The number of fused-ring (bicyclic) bond motifs is 3. The van der Waals surface area contributed by atoms with Crippen molar-refractivity contribution in [2.24, 2.45) is 0 Å². The highest BCUT2D eigenvalue weighted by Gasteiger charge is 2.34. The Bertz CT molecular complexity index is 1010. The first-order valence-electron chi connectivity index (χ1n) is 8.81. The lowest BCUT2D eigenvalue weighted by Gasteiger charge is -2.30. The van der Waals surface area contributed by atoms with Gasteiger partial charge in [-0.05, 0) is 29.3 Å². The summed E-state index contributed by atoms with van der Waals surface area (Å²) in [6.07, 6.45) is 5.83. The molecule has 0 radical (unpaired) electrons. The molecule has 1 aliphatic rings. The van der Waals surface area contributed by atoms with Gasteiger partial charge in [0, 0.05) is 23.0 Å². The third-order valence-electron chi connectivity index (χ3n) is 4.93. The number of aromatic amines is 1. The largest absolute Gasteiger partial charge is 0.481 e. The molecule has 0 fully saturated rings. The number of para-hydroxylation sites is 1. The minimum absolute atomic E-state index is 0.146. The van der Waals surface area contributed by atoms with Gasteiger partial charge in [0.05, 0.1) is 13.2 Å². The van der Waals surface area contributed by atoms with Gasteiger partial charge in [-0.1, -0.05) is 36.3 Å². The molecule has 2 aromatic carbocycles.